The summed E-state index contributed by atoms with van der Waals surface area (Å²) >= 11 is 3.93. The third kappa shape index (κ3) is 5.19. The van der Waals surface area contributed by atoms with Crippen molar-refractivity contribution in [2.75, 3.05) is 11.5 Å². The number of hydrogen-bond donors (Lipinski definition) is 2. The molecule has 1 aliphatic carbocycles. The molecule has 0 aromatic heterocycles. The first-order valence-corrected chi connectivity index (χ1v) is 11.6. The summed E-state index contributed by atoms with van der Waals surface area (Å²) in [5.74, 6) is 0.959. The quantitative estimate of drug-likeness (QED) is 0.775. The number of carbonyl (C=O) groups excluding carboxylic acids is 1. The number of amides is 1. The van der Waals surface area contributed by atoms with Crippen molar-refractivity contribution in [3.05, 3.63) is 35.4 Å². The van der Waals surface area contributed by atoms with Crippen molar-refractivity contribution in [2.45, 2.75) is 55.6 Å². The van der Waals surface area contributed by atoms with Crippen LogP contribution in [0.3, 0.4) is 0 Å². The predicted molar refractivity (Wildman–Crippen MR) is 109 cm³/mol. The van der Waals surface area contributed by atoms with Gasteiger partial charge in [0.05, 0.1) is 10.5 Å². The van der Waals surface area contributed by atoms with Crippen LogP contribution < -0.4 is 5.32 Å². The van der Waals surface area contributed by atoms with Crippen molar-refractivity contribution < 1.29 is 14.7 Å². The number of carbonyl (C=O) groups is 2. The molecule has 1 amide bonds. The van der Waals surface area contributed by atoms with Gasteiger partial charge >= 0.3 is 5.97 Å². The van der Waals surface area contributed by atoms with Gasteiger partial charge in [0, 0.05) is 11.6 Å². The molecule has 1 aromatic rings. The molecule has 2 atom stereocenters. The van der Waals surface area contributed by atoms with Crippen molar-refractivity contribution in [1.82, 2.24) is 5.32 Å². The number of benzene rings is 1. The molecule has 6 heteroatoms. The van der Waals surface area contributed by atoms with E-state index in [1.165, 1.54) is 23.5 Å². The van der Waals surface area contributed by atoms with Gasteiger partial charge in [-0.15, -0.1) is 23.5 Å². The van der Waals surface area contributed by atoms with E-state index in [1.807, 2.05) is 47.8 Å². The fraction of sp³-hybridized carbons (Fsp3) is 0.600. The van der Waals surface area contributed by atoms with Gasteiger partial charge in [-0.2, -0.15) is 0 Å². The summed E-state index contributed by atoms with van der Waals surface area (Å²) in [5.41, 5.74) is 1.87. The Hall–Kier alpha value is -1.14. The van der Waals surface area contributed by atoms with Gasteiger partial charge in [-0.25, -0.2) is 0 Å². The maximum absolute atomic E-state index is 12.7. The molecule has 3 rings (SSSR count). The normalized spacial score (nSPS) is 25.1. The highest BCUT2D eigenvalue weighted by Crippen LogP contribution is 2.43. The summed E-state index contributed by atoms with van der Waals surface area (Å²) in [6.45, 7) is 0. The molecule has 0 spiro atoms. The zero-order valence-electron chi connectivity index (χ0n) is 15.0. The molecule has 0 bridgehead atoms. The molecule has 2 unspecified atom stereocenters. The molecule has 142 valence electrons. The zero-order valence-corrected chi connectivity index (χ0v) is 16.6. The monoisotopic (exact) mass is 393 g/mol. The number of rotatable bonds is 4. The van der Waals surface area contributed by atoms with Crippen molar-refractivity contribution in [1.29, 1.82) is 0 Å². The van der Waals surface area contributed by atoms with Crippen molar-refractivity contribution in [3.63, 3.8) is 0 Å². The van der Waals surface area contributed by atoms with E-state index in [-0.39, 0.29) is 11.9 Å². The fourth-order valence-electron chi connectivity index (χ4n) is 3.68. The second-order valence-electron chi connectivity index (χ2n) is 7.07. The first-order valence-electron chi connectivity index (χ1n) is 9.52. The highest BCUT2D eigenvalue weighted by atomic mass is 32.2. The standard InChI is InChI=1S/C20H27NO3S2/c22-18(21-17-7-4-2-1-3-6-16(17)19(23)24)14-8-10-15(11-9-14)20-25-12-5-13-26-20/h8-11,16-17,20H,1-7,12-13H2,(H,21,22)(H,23,24). The summed E-state index contributed by atoms with van der Waals surface area (Å²) in [7, 11) is 0. The highest BCUT2D eigenvalue weighted by Gasteiger charge is 2.30. The number of aliphatic carboxylic acids is 1. The van der Waals surface area contributed by atoms with Crippen molar-refractivity contribution in [3.8, 4) is 0 Å². The Morgan fingerprint density at radius 2 is 1.58 bits per heavy atom. The van der Waals surface area contributed by atoms with Gasteiger partial charge in [-0.1, -0.05) is 37.8 Å². The lowest BCUT2D eigenvalue weighted by Gasteiger charge is -2.27. The van der Waals surface area contributed by atoms with Gasteiger partial charge < -0.3 is 10.4 Å². The SMILES string of the molecule is O=C(NC1CCCCCCC1C(=O)O)c1ccc(C2SCCCS2)cc1. The topological polar surface area (TPSA) is 66.4 Å². The van der Waals surface area contributed by atoms with E-state index in [0.717, 1.165) is 32.1 Å². The average molecular weight is 394 g/mol. The second kappa shape index (κ2) is 9.70. The Labute approximate surface area is 163 Å². The molecule has 1 aliphatic heterocycles. The second-order valence-corrected chi connectivity index (χ2v) is 9.79. The molecule has 0 radical (unpaired) electrons. The average Bonchev–Trinajstić information content (AvgIpc) is 2.64. The number of thioether (sulfide) groups is 2. The van der Waals surface area contributed by atoms with Crippen LogP contribution in [0, 0.1) is 5.92 Å². The number of nitrogens with one attached hydrogen (secondary N) is 1. The number of carboxylic acids is 1. The fourth-order valence-corrected chi connectivity index (χ4v) is 6.57. The Kier molecular flexibility index (Phi) is 7.32. The lowest BCUT2D eigenvalue weighted by Crippen LogP contribution is -2.43. The van der Waals surface area contributed by atoms with E-state index >= 15 is 0 Å². The predicted octanol–water partition coefficient (Wildman–Crippen LogP) is 4.71. The van der Waals surface area contributed by atoms with Crippen molar-refractivity contribution >= 4 is 35.4 Å². The third-order valence-electron chi connectivity index (χ3n) is 5.17. The lowest BCUT2D eigenvalue weighted by molar-refractivity contribution is -0.143. The van der Waals surface area contributed by atoms with E-state index in [4.69, 9.17) is 0 Å². The minimum atomic E-state index is -0.793. The summed E-state index contributed by atoms with van der Waals surface area (Å²) in [5, 5.41) is 12.5. The van der Waals surface area contributed by atoms with Gasteiger partial charge in [0.25, 0.3) is 5.91 Å². The van der Waals surface area contributed by atoms with E-state index in [9.17, 15) is 14.7 Å². The van der Waals surface area contributed by atoms with Gasteiger partial charge in [0.1, 0.15) is 0 Å². The van der Waals surface area contributed by atoms with Crippen LogP contribution in [0.15, 0.2) is 24.3 Å². The van der Waals surface area contributed by atoms with Gasteiger partial charge in [-0.05, 0) is 48.5 Å². The molecule has 1 aromatic carbocycles. The first kappa shape index (κ1) is 19.6. The van der Waals surface area contributed by atoms with Crippen LogP contribution in [0.1, 0.15) is 65.4 Å². The maximum Gasteiger partial charge on any atom is 0.308 e. The molecular weight excluding hydrogens is 366 g/mol. The van der Waals surface area contributed by atoms with Crippen LogP contribution in [-0.2, 0) is 4.79 Å². The summed E-state index contributed by atoms with van der Waals surface area (Å²) in [4.78, 5) is 24.3. The van der Waals surface area contributed by atoms with Crippen LogP contribution in [-0.4, -0.2) is 34.5 Å². The van der Waals surface area contributed by atoms with Crippen LogP contribution in [0.2, 0.25) is 0 Å². The minimum absolute atomic E-state index is 0.155. The summed E-state index contributed by atoms with van der Waals surface area (Å²) < 4.78 is 0.461. The molecule has 1 heterocycles. The van der Waals surface area contributed by atoms with Gasteiger partial charge in [-0.3, -0.25) is 9.59 Å². The molecule has 1 saturated heterocycles. The van der Waals surface area contributed by atoms with Crippen LogP contribution >= 0.6 is 23.5 Å². The molecule has 4 nitrogen and oxygen atoms in total. The zero-order chi connectivity index (χ0) is 18.4. The minimum Gasteiger partial charge on any atom is -0.481 e. The Morgan fingerprint density at radius 3 is 2.23 bits per heavy atom. The van der Waals surface area contributed by atoms with Gasteiger partial charge in [0.2, 0.25) is 0 Å². The van der Waals surface area contributed by atoms with E-state index in [1.54, 1.807) is 0 Å². The van der Waals surface area contributed by atoms with Crippen LogP contribution in [0.4, 0.5) is 0 Å². The van der Waals surface area contributed by atoms with E-state index < -0.39 is 11.9 Å². The number of hydrogen-bond acceptors (Lipinski definition) is 4. The molecule has 26 heavy (non-hydrogen) atoms. The van der Waals surface area contributed by atoms with Crippen LogP contribution in [0.25, 0.3) is 0 Å². The van der Waals surface area contributed by atoms with Crippen molar-refractivity contribution in [2.24, 2.45) is 5.92 Å². The highest BCUT2D eigenvalue weighted by molar-refractivity contribution is 8.16. The Balaban J connectivity index is 1.64. The Bertz CT molecular complexity index is 614. The summed E-state index contributed by atoms with van der Waals surface area (Å²) in [6, 6.07) is 7.55. The molecule has 2 fully saturated rings. The smallest absolute Gasteiger partial charge is 0.308 e. The van der Waals surface area contributed by atoms with E-state index in [0.29, 0.717) is 16.6 Å². The molecule has 2 aliphatic rings. The Morgan fingerprint density at radius 1 is 0.923 bits per heavy atom. The third-order valence-corrected chi connectivity index (χ3v) is 8.19. The summed E-state index contributed by atoms with van der Waals surface area (Å²) in [6.07, 6.45) is 6.76. The van der Waals surface area contributed by atoms with Gasteiger partial charge in [0.15, 0.2) is 0 Å². The maximum atomic E-state index is 12.7. The molecule has 2 N–H and O–H groups in total. The largest absolute Gasteiger partial charge is 0.481 e. The first-order chi connectivity index (χ1) is 12.6. The lowest BCUT2D eigenvalue weighted by atomic mass is 9.86. The molecule has 1 saturated carbocycles. The molecular formula is C20H27NO3S2. The number of carboxylic acid groups (broad SMARTS) is 1. The van der Waals surface area contributed by atoms with Crippen LogP contribution in [0.5, 0.6) is 0 Å². The van der Waals surface area contributed by atoms with E-state index in [2.05, 4.69) is 5.32 Å².